The zero-order valence-electron chi connectivity index (χ0n) is 48.0. The van der Waals surface area contributed by atoms with Crippen molar-refractivity contribution in [3.05, 3.63) is 311 Å². The van der Waals surface area contributed by atoms with Crippen molar-refractivity contribution in [1.82, 2.24) is 0 Å². The van der Waals surface area contributed by atoms with Gasteiger partial charge in [-0.25, -0.2) is 0 Å². The quantitative estimate of drug-likeness (QED) is 0.147. The van der Waals surface area contributed by atoms with Crippen molar-refractivity contribution in [2.45, 2.75) is 65.3 Å². The van der Waals surface area contributed by atoms with Gasteiger partial charge in [0, 0.05) is 65.3 Å². The second kappa shape index (κ2) is 22.5. The molecule has 0 N–H and O–H groups in total. The van der Waals surface area contributed by atoms with Crippen molar-refractivity contribution in [3.8, 4) is 22.3 Å². The number of benzene rings is 12. The Balaban J connectivity index is 0.709. The Labute approximate surface area is 531 Å². The number of fused-ring (bicyclic) bond motifs is 4. The molecule has 0 radical (unpaired) electrons. The molecule has 0 saturated carbocycles. The molecule has 12 aromatic rings. The molecule has 0 atom stereocenters. The van der Waals surface area contributed by atoms with E-state index in [4.69, 9.17) is 0 Å². The molecule has 0 aromatic heterocycles. The predicted octanol–water partition coefficient (Wildman–Crippen LogP) is 22.9. The fourth-order valence-corrected chi connectivity index (χ4v) is 17.4. The predicted molar refractivity (Wildman–Crippen MR) is 373 cm³/mol. The number of anilines is 8. The van der Waals surface area contributed by atoms with Gasteiger partial charge in [0.1, 0.15) is 0 Å². The summed E-state index contributed by atoms with van der Waals surface area (Å²) in [5, 5.41) is 0. The lowest BCUT2D eigenvalue weighted by Gasteiger charge is -2.33. The van der Waals surface area contributed by atoms with Gasteiger partial charge in [-0.05, 0) is 164 Å². The number of para-hydroxylation sites is 4. The van der Waals surface area contributed by atoms with E-state index in [1.807, 2.05) is 47.0 Å². The van der Waals surface area contributed by atoms with Gasteiger partial charge < -0.3 is 19.6 Å². The van der Waals surface area contributed by atoms with Crippen LogP contribution in [-0.4, -0.2) is 0 Å². The van der Waals surface area contributed by atoms with Gasteiger partial charge in [0.15, 0.2) is 0 Å². The lowest BCUT2D eigenvalue weighted by Crippen LogP contribution is -2.20. The molecule has 0 fully saturated rings. The molecule has 420 valence electrons. The molecule has 0 unspecified atom stereocenters. The third-order valence-electron chi connectivity index (χ3n) is 17.4. The molecule has 4 nitrogen and oxygen atoms in total. The van der Waals surface area contributed by atoms with E-state index in [2.05, 4.69) is 311 Å². The number of hydrogen-bond donors (Lipinski definition) is 0. The highest BCUT2D eigenvalue weighted by Gasteiger charge is 2.28. The van der Waals surface area contributed by atoms with E-state index in [0.717, 1.165) is 26.2 Å². The standard InChI is InChI=1S/C80H56N4S4/c1-5-13-73-65(9-1)81-49-57-21-33-61(34-22-57)62-35-23-58(24-36-62)50-82-67-11-3-7-15-75(67)87-79-47-55(31-43-71(79)82)19-20-56-32-44-72-80(48-56)88-76-16-8-4-12-68(76)84(72)52-60-27-39-64(40-28-60)63-37-25-59(26-38-63)51-83-66-10-2-6-14-74(66)86-78-46-54(30-42-70(78)83)18-17-53-29-41-69(81)77(45-53)85-73/h1-48H,49-52H2. The minimum Gasteiger partial charge on any atom is -0.335 e. The van der Waals surface area contributed by atoms with Crippen LogP contribution in [0.1, 0.15) is 44.5 Å². The van der Waals surface area contributed by atoms with Crippen LogP contribution in [0.4, 0.5) is 45.5 Å². The summed E-state index contributed by atoms with van der Waals surface area (Å²) in [4.78, 5) is 20.1. The van der Waals surface area contributed by atoms with Crippen molar-refractivity contribution >= 4 is 117 Å². The minimum absolute atomic E-state index is 0.767. The first-order chi connectivity index (χ1) is 43.5. The smallest absolute Gasteiger partial charge is 0.0556 e. The average molecular weight is 1200 g/mol. The van der Waals surface area contributed by atoms with Gasteiger partial charge in [-0.2, -0.15) is 0 Å². The van der Waals surface area contributed by atoms with Crippen molar-refractivity contribution in [2.75, 3.05) is 19.6 Å². The van der Waals surface area contributed by atoms with Crippen molar-refractivity contribution in [3.63, 3.8) is 0 Å². The van der Waals surface area contributed by atoms with Crippen molar-refractivity contribution in [1.29, 1.82) is 0 Å². The first kappa shape index (κ1) is 53.0. The number of nitrogens with zero attached hydrogens (tertiary/aromatic N) is 4. The fraction of sp³-hybridized carbons (Fsp3) is 0.0500. The third-order valence-corrected chi connectivity index (χ3v) is 21.8. The van der Waals surface area contributed by atoms with Gasteiger partial charge in [0.05, 0.1) is 45.5 Å². The van der Waals surface area contributed by atoms with Crippen LogP contribution in [0, 0.1) is 0 Å². The Bertz CT molecular complexity index is 4160. The fourth-order valence-electron chi connectivity index (χ4n) is 12.8. The molecule has 26 aliphatic heterocycles. The first-order valence-corrected chi connectivity index (χ1v) is 33.2. The first-order valence-electron chi connectivity index (χ1n) is 30.0. The molecular formula is C80H56N4S4. The molecule has 0 saturated heterocycles. The molecule has 24 bridgehead atoms. The van der Waals surface area contributed by atoms with E-state index in [-0.39, 0.29) is 0 Å². The van der Waals surface area contributed by atoms with Gasteiger partial charge in [-0.15, -0.1) is 0 Å². The highest BCUT2D eigenvalue weighted by atomic mass is 32.2. The Morgan fingerprint density at radius 2 is 0.398 bits per heavy atom. The summed E-state index contributed by atoms with van der Waals surface area (Å²) < 4.78 is 0. The summed E-state index contributed by atoms with van der Waals surface area (Å²) in [5.74, 6) is 0. The molecule has 12 aromatic carbocycles. The second-order valence-corrected chi connectivity index (χ2v) is 27.3. The zero-order chi connectivity index (χ0) is 58.1. The maximum atomic E-state index is 2.49. The summed E-state index contributed by atoms with van der Waals surface area (Å²) in [5.41, 5.74) is 24.5. The highest BCUT2D eigenvalue weighted by Crippen LogP contribution is 2.53. The Morgan fingerprint density at radius 1 is 0.193 bits per heavy atom. The van der Waals surface area contributed by atoms with Gasteiger partial charge in [0.25, 0.3) is 0 Å². The SMILES string of the molecule is C1=Cc2ccc3c(c2)Sc2ccccc2N3Cc2ccc(cc2)-c2ccc(cc2)CN2c3ccccc3Sc3cc(ccc32)C=Cc2ccc3c(c2)Sc2ccccc2N3Cc2ccc(cc2)-c2ccc(cc2)CN2c3ccccc3Sc3cc1ccc32. The molecular weight excluding hydrogens is 1150 g/mol. The van der Waals surface area contributed by atoms with Gasteiger partial charge >= 0.3 is 0 Å². The van der Waals surface area contributed by atoms with Crippen LogP contribution in [0.5, 0.6) is 0 Å². The third kappa shape index (κ3) is 10.1. The number of hydrogen-bond acceptors (Lipinski definition) is 8. The van der Waals surface area contributed by atoms with Crippen LogP contribution < -0.4 is 19.6 Å². The Hall–Kier alpha value is -9.28. The van der Waals surface area contributed by atoms with E-state index >= 15 is 0 Å². The maximum Gasteiger partial charge on any atom is 0.0556 e. The molecule has 0 spiro atoms. The van der Waals surface area contributed by atoms with E-state index < -0.39 is 0 Å². The van der Waals surface area contributed by atoms with Crippen LogP contribution in [0.25, 0.3) is 46.6 Å². The number of rotatable bonds is 0. The summed E-state index contributed by atoms with van der Waals surface area (Å²) in [6.45, 7) is 3.07. The topological polar surface area (TPSA) is 13.0 Å². The zero-order valence-corrected chi connectivity index (χ0v) is 51.2. The van der Waals surface area contributed by atoms with Crippen LogP contribution >= 0.6 is 47.0 Å². The largest absolute Gasteiger partial charge is 0.335 e. The van der Waals surface area contributed by atoms with E-state index in [9.17, 15) is 0 Å². The van der Waals surface area contributed by atoms with Gasteiger partial charge in [-0.1, -0.05) is 241 Å². The van der Waals surface area contributed by atoms with Crippen molar-refractivity contribution < 1.29 is 0 Å². The molecule has 0 aliphatic carbocycles. The summed E-state index contributed by atoms with van der Waals surface area (Å²) in [7, 11) is 0. The average Bonchev–Trinajstić information content (AvgIpc) is 3.07. The normalized spacial score (nSPS) is 14.3. The lowest BCUT2D eigenvalue weighted by molar-refractivity contribution is 0.937. The maximum absolute atomic E-state index is 2.49. The molecule has 26 aliphatic rings. The molecule has 38 rings (SSSR count). The molecule has 8 heteroatoms. The van der Waals surface area contributed by atoms with Crippen LogP contribution in [0.3, 0.4) is 0 Å². The lowest BCUT2D eigenvalue weighted by atomic mass is 10.0. The van der Waals surface area contributed by atoms with E-state index in [1.165, 1.54) is 151 Å². The van der Waals surface area contributed by atoms with Gasteiger partial charge in [-0.3, -0.25) is 0 Å². The Kier molecular flexibility index (Phi) is 13.5. The summed E-state index contributed by atoms with van der Waals surface area (Å²) in [6.07, 6.45) is 9.08. The molecule has 26 heterocycles. The van der Waals surface area contributed by atoms with Crippen molar-refractivity contribution in [2.24, 2.45) is 0 Å². The second-order valence-electron chi connectivity index (χ2n) is 23.0. The summed E-state index contributed by atoms with van der Waals surface area (Å²) >= 11 is 7.45. The van der Waals surface area contributed by atoms with Gasteiger partial charge in [0.2, 0.25) is 0 Å². The minimum atomic E-state index is 0.767. The monoisotopic (exact) mass is 1200 g/mol. The van der Waals surface area contributed by atoms with E-state index in [0.29, 0.717) is 0 Å². The van der Waals surface area contributed by atoms with E-state index in [1.54, 1.807) is 0 Å². The van der Waals surface area contributed by atoms with Crippen LogP contribution in [0.15, 0.2) is 306 Å². The molecule has 0 amide bonds. The van der Waals surface area contributed by atoms with Crippen LogP contribution in [-0.2, 0) is 26.2 Å². The Morgan fingerprint density at radius 3 is 0.625 bits per heavy atom. The highest BCUT2D eigenvalue weighted by molar-refractivity contribution is 8.00. The summed E-state index contributed by atoms with van der Waals surface area (Å²) in [6, 6.07) is 99.8. The van der Waals surface area contributed by atoms with Crippen LogP contribution in [0.2, 0.25) is 0 Å². The molecule has 88 heavy (non-hydrogen) atoms.